The summed E-state index contributed by atoms with van der Waals surface area (Å²) in [6.07, 6.45) is -1.56. The summed E-state index contributed by atoms with van der Waals surface area (Å²) in [6, 6.07) is 0. The number of unbranched alkanes of at least 4 members (excludes halogenated alkanes) is 4. The second-order valence-corrected chi connectivity index (χ2v) is 8.23. The molecule has 1 aliphatic heterocycles. The lowest BCUT2D eigenvalue weighted by Crippen LogP contribution is -2.62. The summed E-state index contributed by atoms with van der Waals surface area (Å²) < 4.78 is 27.1. The molecule has 10 heteroatoms. The maximum Gasteiger partial charge on any atom is 0.306 e. The highest BCUT2D eigenvalue weighted by Gasteiger charge is 2.52. The van der Waals surface area contributed by atoms with E-state index in [4.69, 9.17) is 23.7 Å². The van der Waals surface area contributed by atoms with Gasteiger partial charge in [-0.2, -0.15) is 0 Å². The predicted molar refractivity (Wildman–Crippen MR) is 120 cm³/mol. The highest BCUT2D eigenvalue weighted by atomic mass is 16.7. The molecule has 1 N–H and O–H groups in total. The molecule has 10 nitrogen and oxygen atoms in total. The number of esters is 4. The molecule has 0 aromatic heterocycles. The SMILES string of the molecule is CCCCCC(=O)OC[C@H]1O[C@@H](O)[C@@H](OC(=O)CC)[C@@H](OC(=O)CC)[C@@H]1OC(=O)CCCCC. The van der Waals surface area contributed by atoms with Gasteiger partial charge in [0.2, 0.25) is 0 Å². The summed E-state index contributed by atoms with van der Waals surface area (Å²) >= 11 is 0. The van der Waals surface area contributed by atoms with Crippen molar-refractivity contribution in [2.75, 3.05) is 6.61 Å². The fourth-order valence-corrected chi connectivity index (χ4v) is 3.40. The van der Waals surface area contributed by atoms with Gasteiger partial charge in [-0.15, -0.1) is 0 Å². The van der Waals surface area contributed by atoms with Gasteiger partial charge in [-0.05, 0) is 12.8 Å². The van der Waals surface area contributed by atoms with Gasteiger partial charge in [-0.1, -0.05) is 53.4 Å². The molecule has 34 heavy (non-hydrogen) atoms. The smallest absolute Gasteiger partial charge is 0.306 e. The fourth-order valence-electron chi connectivity index (χ4n) is 3.40. The minimum Gasteiger partial charge on any atom is -0.463 e. The third-order valence-electron chi connectivity index (χ3n) is 5.37. The van der Waals surface area contributed by atoms with Gasteiger partial charge in [-0.3, -0.25) is 19.2 Å². The number of aliphatic hydroxyl groups is 1. The monoisotopic (exact) mass is 488 g/mol. The Morgan fingerprint density at radius 3 is 1.71 bits per heavy atom. The molecule has 0 aromatic carbocycles. The van der Waals surface area contributed by atoms with Crippen LogP contribution in [0.3, 0.4) is 0 Å². The molecule has 0 unspecified atom stereocenters. The normalized spacial score (nSPS) is 24.2. The van der Waals surface area contributed by atoms with Crippen LogP contribution < -0.4 is 0 Å². The summed E-state index contributed by atoms with van der Waals surface area (Å²) in [5.41, 5.74) is 0. The highest BCUT2D eigenvalue weighted by Crippen LogP contribution is 2.29. The van der Waals surface area contributed by atoms with Crippen molar-refractivity contribution in [2.24, 2.45) is 0 Å². The molecule has 1 saturated heterocycles. The Hall–Kier alpha value is -2.20. The summed E-state index contributed by atoms with van der Waals surface area (Å²) in [6.45, 7) is 6.83. The van der Waals surface area contributed by atoms with E-state index in [0.717, 1.165) is 25.7 Å². The van der Waals surface area contributed by atoms with Crippen molar-refractivity contribution in [3.8, 4) is 0 Å². The van der Waals surface area contributed by atoms with E-state index in [0.29, 0.717) is 12.8 Å². The van der Waals surface area contributed by atoms with Gasteiger partial charge in [-0.25, -0.2) is 0 Å². The number of ether oxygens (including phenoxy) is 5. The zero-order chi connectivity index (χ0) is 25.5. The molecule has 0 spiro atoms. The Kier molecular flexibility index (Phi) is 14.4. The number of aliphatic hydroxyl groups excluding tert-OH is 1. The van der Waals surface area contributed by atoms with E-state index in [2.05, 4.69) is 0 Å². The molecule has 1 rings (SSSR count). The van der Waals surface area contributed by atoms with Crippen molar-refractivity contribution >= 4 is 23.9 Å². The van der Waals surface area contributed by atoms with Crippen LogP contribution in [0.2, 0.25) is 0 Å². The van der Waals surface area contributed by atoms with Crippen molar-refractivity contribution in [3.05, 3.63) is 0 Å². The maximum absolute atomic E-state index is 12.5. The Morgan fingerprint density at radius 1 is 0.676 bits per heavy atom. The van der Waals surface area contributed by atoms with E-state index in [1.165, 1.54) is 0 Å². The average Bonchev–Trinajstić information content (AvgIpc) is 2.81. The minimum atomic E-state index is -1.68. The first kappa shape index (κ1) is 29.8. The molecular formula is C24H40O10. The van der Waals surface area contributed by atoms with Crippen LogP contribution in [0.25, 0.3) is 0 Å². The van der Waals surface area contributed by atoms with E-state index < -0.39 is 54.6 Å². The van der Waals surface area contributed by atoms with Crippen molar-refractivity contribution in [1.29, 1.82) is 0 Å². The van der Waals surface area contributed by atoms with E-state index in [9.17, 15) is 24.3 Å². The molecule has 0 aromatic rings. The van der Waals surface area contributed by atoms with Crippen molar-refractivity contribution in [2.45, 2.75) is 123 Å². The van der Waals surface area contributed by atoms with E-state index in [-0.39, 0.29) is 32.3 Å². The number of hydrogen-bond donors (Lipinski definition) is 1. The summed E-state index contributed by atoms with van der Waals surface area (Å²) in [7, 11) is 0. The lowest BCUT2D eigenvalue weighted by molar-refractivity contribution is -0.297. The zero-order valence-electron chi connectivity index (χ0n) is 20.8. The number of carbonyl (C=O) groups is 4. The standard InChI is InChI=1S/C24H40O10/c1-5-9-11-13-19(27)30-15-16-21(34-20(28)14-12-10-6-2)22(32-17(25)7-3)23(24(29)31-16)33-18(26)8-4/h16,21-24,29H,5-15H2,1-4H3/t16-,21-,22+,23+,24-/m1/s1. The molecule has 1 aliphatic rings. The number of hydrogen-bond acceptors (Lipinski definition) is 10. The van der Waals surface area contributed by atoms with Gasteiger partial charge in [0.05, 0.1) is 0 Å². The largest absolute Gasteiger partial charge is 0.463 e. The van der Waals surface area contributed by atoms with Crippen molar-refractivity contribution in [1.82, 2.24) is 0 Å². The second kappa shape index (κ2) is 16.4. The predicted octanol–water partition coefficient (Wildman–Crippen LogP) is 2.96. The average molecular weight is 489 g/mol. The highest BCUT2D eigenvalue weighted by molar-refractivity contribution is 5.71. The maximum atomic E-state index is 12.5. The fraction of sp³-hybridized carbons (Fsp3) is 0.833. The van der Waals surface area contributed by atoms with Crippen LogP contribution in [-0.2, 0) is 42.9 Å². The third kappa shape index (κ3) is 10.4. The van der Waals surface area contributed by atoms with Gasteiger partial charge >= 0.3 is 23.9 Å². The lowest BCUT2D eigenvalue weighted by Gasteiger charge is -2.42. The van der Waals surface area contributed by atoms with E-state index in [1.807, 2.05) is 13.8 Å². The van der Waals surface area contributed by atoms with Crippen LogP contribution >= 0.6 is 0 Å². The Morgan fingerprint density at radius 2 is 1.18 bits per heavy atom. The molecule has 0 saturated carbocycles. The zero-order valence-corrected chi connectivity index (χ0v) is 20.8. The van der Waals surface area contributed by atoms with Crippen LogP contribution in [0.15, 0.2) is 0 Å². The number of carbonyl (C=O) groups excluding carboxylic acids is 4. The molecular weight excluding hydrogens is 448 g/mol. The minimum absolute atomic E-state index is 0.0101. The third-order valence-corrected chi connectivity index (χ3v) is 5.37. The molecule has 0 amide bonds. The van der Waals surface area contributed by atoms with Gasteiger partial charge in [0.25, 0.3) is 0 Å². The van der Waals surface area contributed by atoms with Crippen LogP contribution in [0, 0.1) is 0 Å². The second-order valence-electron chi connectivity index (χ2n) is 8.23. The topological polar surface area (TPSA) is 135 Å². The van der Waals surface area contributed by atoms with Gasteiger partial charge in [0.15, 0.2) is 24.6 Å². The Balaban J connectivity index is 3.09. The van der Waals surface area contributed by atoms with Gasteiger partial charge in [0, 0.05) is 25.7 Å². The molecule has 0 bridgehead atoms. The Labute approximate surface area is 201 Å². The molecule has 1 fully saturated rings. The molecule has 196 valence electrons. The number of rotatable bonds is 15. The van der Waals surface area contributed by atoms with Crippen LogP contribution in [0.5, 0.6) is 0 Å². The summed E-state index contributed by atoms with van der Waals surface area (Å²) in [5.74, 6) is -2.31. The Bertz CT molecular complexity index is 650. The summed E-state index contributed by atoms with van der Waals surface area (Å²) in [5, 5.41) is 10.5. The van der Waals surface area contributed by atoms with Gasteiger partial charge < -0.3 is 28.8 Å². The van der Waals surface area contributed by atoms with E-state index in [1.54, 1.807) is 13.8 Å². The lowest BCUT2D eigenvalue weighted by atomic mass is 9.98. The van der Waals surface area contributed by atoms with E-state index >= 15 is 0 Å². The first-order valence-corrected chi connectivity index (χ1v) is 12.3. The molecule has 1 heterocycles. The van der Waals surface area contributed by atoms with Gasteiger partial charge in [0.1, 0.15) is 12.7 Å². The van der Waals surface area contributed by atoms with Crippen molar-refractivity contribution in [3.63, 3.8) is 0 Å². The summed E-state index contributed by atoms with van der Waals surface area (Å²) in [4.78, 5) is 48.7. The van der Waals surface area contributed by atoms with Crippen LogP contribution in [0.1, 0.15) is 91.9 Å². The molecule has 5 atom stereocenters. The van der Waals surface area contributed by atoms with Crippen LogP contribution in [0.4, 0.5) is 0 Å². The quantitative estimate of drug-likeness (QED) is 0.208. The first-order valence-electron chi connectivity index (χ1n) is 12.3. The molecule has 0 aliphatic carbocycles. The first-order chi connectivity index (χ1) is 16.3. The molecule has 0 radical (unpaired) electrons. The van der Waals surface area contributed by atoms with Crippen molar-refractivity contribution < 1.29 is 48.0 Å². The van der Waals surface area contributed by atoms with Crippen LogP contribution in [-0.4, -0.2) is 66.3 Å².